The van der Waals surface area contributed by atoms with E-state index in [-0.39, 0.29) is 24.3 Å². The smallest absolute Gasteiger partial charge is 0.309 e. The number of benzene rings is 1. The predicted octanol–water partition coefficient (Wildman–Crippen LogP) is 6.35. The molecule has 1 aliphatic carbocycles. The number of aryl methyl sites for hydroxylation is 1. The number of rotatable bonds is 8. The number of alkyl halides is 1. The second kappa shape index (κ2) is 13.2. The molecule has 1 aliphatic heterocycles. The first kappa shape index (κ1) is 32.9. The Morgan fingerprint density at radius 1 is 1.13 bits per heavy atom. The Morgan fingerprint density at radius 2 is 1.89 bits per heavy atom. The van der Waals surface area contributed by atoms with Crippen molar-refractivity contribution in [2.24, 2.45) is 17.3 Å². The number of fused-ring (bicyclic) bond motifs is 2. The summed E-state index contributed by atoms with van der Waals surface area (Å²) in [5.41, 5.74) is 5.13. The Hall–Kier alpha value is -4.03. The second-order valence-electron chi connectivity index (χ2n) is 13.8. The summed E-state index contributed by atoms with van der Waals surface area (Å²) in [5, 5.41) is 22.2. The van der Waals surface area contributed by atoms with Crippen LogP contribution in [0.2, 0.25) is 0 Å². The van der Waals surface area contributed by atoms with E-state index < -0.39 is 35.8 Å². The number of carboxylic acid groups (broad SMARTS) is 1. The standard InChI is InChI=1S/C35H39F2N5O4S/c1-35(2,3)23-8-9-27-21(14-23)16-29-32(40-27)47-33(41-29)31(44)39-28(11-13-42-12-10-24(34(45)46)26(37)18-42)20-6-4-19(5-7-20)22-15-25(36)30(43)38-17-22/h4-7,15-17,23-24,26,28H,8-14,18H2,1-3H3,(H,38,43)(H,39,44)(H,45,46)/t23-,24+,26-,28+/m0/s1. The lowest BCUT2D eigenvalue weighted by Crippen LogP contribution is -2.45. The monoisotopic (exact) mass is 663 g/mol. The summed E-state index contributed by atoms with van der Waals surface area (Å²) in [6, 6.07) is 10.0. The average Bonchev–Trinajstić information content (AvgIpc) is 3.45. The number of aliphatic carboxylic acids is 1. The molecule has 1 amide bonds. The van der Waals surface area contributed by atoms with Gasteiger partial charge in [-0.05, 0) is 78.8 Å². The van der Waals surface area contributed by atoms with Gasteiger partial charge in [0.15, 0.2) is 10.8 Å². The van der Waals surface area contributed by atoms with Gasteiger partial charge in [-0.15, -0.1) is 0 Å². The van der Waals surface area contributed by atoms with Crippen LogP contribution >= 0.6 is 11.3 Å². The van der Waals surface area contributed by atoms with Gasteiger partial charge >= 0.3 is 5.97 Å². The fourth-order valence-electron chi connectivity index (χ4n) is 6.65. The van der Waals surface area contributed by atoms with E-state index in [1.165, 1.54) is 29.2 Å². The third kappa shape index (κ3) is 7.28. The number of piperidine rings is 1. The molecule has 1 fully saturated rings. The molecule has 9 nitrogen and oxygen atoms in total. The number of carboxylic acids is 1. The fraction of sp³-hybridized carbons (Fsp3) is 0.457. The molecule has 4 heterocycles. The van der Waals surface area contributed by atoms with Crippen molar-refractivity contribution in [1.82, 2.24) is 25.2 Å². The van der Waals surface area contributed by atoms with E-state index in [1.54, 1.807) is 12.1 Å². The topological polar surface area (TPSA) is 129 Å². The molecule has 0 unspecified atom stereocenters. The summed E-state index contributed by atoms with van der Waals surface area (Å²) in [4.78, 5) is 40.9. The Kier molecular flexibility index (Phi) is 9.26. The van der Waals surface area contributed by atoms with E-state index in [4.69, 9.17) is 4.98 Å². The van der Waals surface area contributed by atoms with Crippen LogP contribution in [0.25, 0.3) is 21.5 Å². The van der Waals surface area contributed by atoms with E-state index in [0.29, 0.717) is 47.1 Å². The lowest BCUT2D eigenvalue weighted by atomic mass is 9.71. The van der Waals surface area contributed by atoms with Gasteiger partial charge in [0.05, 0.1) is 12.0 Å². The minimum Gasteiger partial charge on any atom is -0.491 e. The quantitative estimate of drug-likeness (QED) is 0.199. The SMILES string of the molecule is CC(C)(C)[C@H]1CCc2nc3sc(C(=O)N[C@H](CCN4CC[C@@H](C(=O)O)[C@@H](F)C4)c4ccc(-c5cnc(O)c(F)c5)cc4)nc3cc2C1. The molecule has 6 rings (SSSR count). The molecule has 0 saturated carbocycles. The number of hydrogen-bond acceptors (Lipinski definition) is 8. The van der Waals surface area contributed by atoms with Crippen LogP contribution in [0.4, 0.5) is 8.78 Å². The molecule has 0 bridgehead atoms. The third-order valence-electron chi connectivity index (χ3n) is 9.62. The number of halogens is 2. The highest BCUT2D eigenvalue weighted by Gasteiger charge is 2.34. The number of carbonyl (C=O) groups excluding carboxylic acids is 1. The molecule has 0 spiro atoms. The van der Waals surface area contributed by atoms with Gasteiger partial charge in [0, 0.05) is 30.5 Å². The molecular weight excluding hydrogens is 624 g/mol. The van der Waals surface area contributed by atoms with Gasteiger partial charge in [-0.25, -0.2) is 23.7 Å². The number of pyridine rings is 2. The fourth-order valence-corrected chi connectivity index (χ4v) is 7.49. The molecular formula is C35H39F2N5O4S. The Bertz CT molecular complexity index is 1790. The van der Waals surface area contributed by atoms with Crippen molar-refractivity contribution in [3.63, 3.8) is 0 Å². The summed E-state index contributed by atoms with van der Waals surface area (Å²) in [6.45, 7) is 7.70. The molecule has 2 aliphatic rings. The maximum atomic E-state index is 14.6. The number of amides is 1. The highest BCUT2D eigenvalue weighted by atomic mass is 32.1. The molecule has 4 atom stereocenters. The van der Waals surface area contributed by atoms with Crippen molar-refractivity contribution < 1.29 is 28.6 Å². The highest BCUT2D eigenvalue weighted by Crippen LogP contribution is 2.38. The molecule has 47 heavy (non-hydrogen) atoms. The summed E-state index contributed by atoms with van der Waals surface area (Å²) in [6.07, 6.45) is 3.50. The predicted molar refractivity (Wildman–Crippen MR) is 176 cm³/mol. The average molecular weight is 664 g/mol. The van der Waals surface area contributed by atoms with Crippen LogP contribution in [0.1, 0.15) is 72.7 Å². The lowest BCUT2D eigenvalue weighted by molar-refractivity contribution is -0.146. The largest absolute Gasteiger partial charge is 0.491 e. The normalized spacial score (nSPS) is 20.9. The van der Waals surface area contributed by atoms with Gasteiger partial charge in [-0.1, -0.05) is 56.4 Å². The number of thiazole rings is 1. The highest BCUT2D eigenvalue weighted by molar-refractivity contribution is 7.19. The number of nitrogens with one attached hydrogen (secondary N) is 1. The van der Waals surface area contributed by atoms with Crippen LogP contribution in [-0.2, 0) is 17.6 Å². The van der Waals surface area contributed by atoms with E-state index in [1.807, 2.05) is 17.0 Å². The number of aromatic nitrogens is 3. The molecule has 12 heteroatoms. The summed E-state index contributed by atoms with van der Waals surface area (Å²) < 4.78 is 28.6. The van der Waals surface area contributed by atoms with Gasteiger partial charge in [-0.2, -0.15) is 0 Å². The van der Waals surface area contributed by atoms with Crippen molar-refractivity contribution in [3.8, 4) is 17.0 Å². The molecule has 1 saturated heterocycles. The molecule has 1 aromatic carbocycles. The zero-order valence-electron chi connectivity index (χ0n) is 26.7. The van der Waals surface area contributed by atoms with Gasteiger partial charge in [0.25, 0.3) is 5.91 Å². The molecule has 248 valence electrons. The van der Waals surface area contributed by atoms with Gasteiger partial charge in [0.1, 0.15) is 16.5 Å². The second-order valence-corrected chi connectivity index (χ2v) is 14.7. The van der Waals surface area contributed by atoms with E-state index in [2.05, 4.69) is 42.1 Å². The van der Waals surface area contributed by atoms with Gasteiger partial charge < -0.3 is 20.4 Å². The maximum absolute atomic E-state index is 14.6. The number of carbonyl (C=O) groups is 2. The zero-order valence-corrected chi connectivity index (χ0v) is 27.5. The molecule has 4 aromatic rings. The first-order valence-corrected chi connectivity index (χ1v) is 16.8. The Labute approximate surface area is 276 Å². The van der Waals surface area contributed by atoms with Crippen molar-refractivity contribution in [1.29, 1.82) is 0 Å². The summed E-state index contributed by atoms with van der Waals surface area (Å²) in [5.74, 6) is -3.41. The van der Waals surface area contributed by atoms with Crippen LogP contribution in [0.5, 0.6) is 5.88 Å². The van der Waals surface area contributed by atoms with Crippen LogP contribution < -0.4 is 5.32 Å². The maximum Gasteiger partial charge on any atom is 0.309 e. The summed E-state index contributed by atoms with van der Waals surface area (Å²) >= 11 is 1.26. The number of likely N-dealkylation sites (tertiary alicyclic amines) is 1. The van der Waals surface area contributed by atoms with E-state index >= 15 is 0 Å². The molecule has 3 N–H and O–H groups in total. The van der Waals surface area contributed by atoms with Crippen LogP contribution in [0, 0.1) is 23.1 Å². The Balaban J connectivity index is 1.22. The first-order valence-electron chi connectivity index (χ1n) is 16.0. The number of nitrogens with zero attached hydrogens (tertiary/aromatic N) is 4. The van der Waals surface area contributed by atoms with E-state index in [9.17, 15) is 28.6 Å². The van der Waals surface area contributed by atoms with Gasteiger partial charge in [-0.3, -0.25) is 9.59 Å². The van der Waals surface area contributed by atoms with Crippen LogP contribution in [-0.4, -0.2) is 67.7 Å². The number of aromatic hydroxyl groups is 1. The van der Waals surface area contributed by atoms with Gasteiger partial charge in [0.2, 0.25) is 5.88 Å². The van der Waals surface area contributed by atoms with E-state index in [0.717, 1.165) is 35.4 Å². The van der Waals surface area contributed by atoms with Crippen molar-refractivity contribution in [3.05, 3.63) is 70.2 Å². The zero-order chi connectivity index (χ0) is 33.5. The molecule has 0 radical (unpaired) electrons. The summed E-state index contributed by atoms with van der Waals surface area (Å²) in [7, 11) is 0. The third-order valence-corrected chi connectivity index (χ3v) is 10.6. The van der Waals surface area contributed by atoms with Crippen molar-refractivity contribution >= 4 is 33.6 Å². The number of hydrogen-bond donors (Lipinski definition) is 3. The minimum absolute atomic E-state index is 0.0142. The first-order chi connectivity index (χ1) is 22.4. The lowest BCUT2D eigenvalue weighted by Gasteiger charge is -2.34. The van der Waals surface area contributed by atoms with Crippen molar-refractivity contribution in [2.45, 2.75) is 65.1 Å². The Morgan fingerprint density at radius 3 is 2.57 bits per heavy atom. The molecule has 3 aromatic heterocycles. The van der Waals surface area contributed by atoms with Crippen LogP contribution in [0.3, 0.4) is 0 Å². The van der Waals surface area contributed by atoms with Crippen molar-refractivity contribution in [2.75, 3.05) is 19.6 Å². The van der Waals surface area contributed by atoms with Crippen LogP contribution in [0.15, 0.2) is 42.6 Å². The minimum atomic E-state index is -1.47.